The molecule has 0 aliphatic carbocycles. The van der Waals surface area contributed by atoms with E-state index in [1.54, 1.807) is 11.8 Å². The Labute approximate surface area is 122 Å². The van der Waals surface area contributed by atoms with Crippen molar-refractivity contribution >= 4 is 23.4 Å². The van der Waals surface area contributed by atoms with Crippen molar-refractivity contribution in [3.8, 4) is 0 Å². The number of hydrogen-bond donors (Lipinski definition) is 2. The predicted molar refractivity (Wildman–Crippen MR) is 82.0 cm³/mol. The molecule has 3 nitrogen and oxygen atoms in total. The van der Waals surface area contributed by atoms with E-state index in [2.05, 4.69) is 37.4 Å². The van der Waals surface area contributed by atoms with Gasteiger partial charge in [-0.05, 0) is 37.6 Å². The van der Waals surface area contributed by atoms with Crippen molar-refractivity contribution in [3.63, 3.8) is 0 Å². The molecule has 0 aromatic heterocycles. The summed E-state index contributed by atoms with van der Waals surface area (Å²) in [6.45, 7) is 4.20. The minimum atomic E-state index is -0.537. The lowest BCUT2D eigenvalue weighted by Crippen LogP contribution is -2.19. The molecule has 4 heteroatoms. The van der Waals surface area contributed by atoms with E-state index in [0.29, 0.717) is 0 Å². The van der Waals surface area contributed by atoms with Crippen molar-refractivity contribution in [1.29, 1.82) is 0 Å². The molecule has 0 fully saturated rings. The Kier molecular flexibility index (Phi) is 3.28. The number of nitrogens with one attached hydrogen (secondary N) is 1. The fourth-order valence-electron chi connectivity index (χ4n) is 2.37. The Morgan fingerprint density at radius 1 is 1.15 bits per heavy atom. The molecule has 102 valence electrons. The number of aryl methyl sites for hydroxylation is 2. The average molecular weight is 284 g/mol. The standard InChI is InChI=1S/C16H16N2OS/c1-9-3-6-14(10(2)7-9)20-11-4-5-12-13(8-11)18-16(19)15(12)17/h3-8,15H,17H2,1-2H3,(H,18,19). The lowest BCUT2D eigenvalue weighted by Gasteiger charge is -2.08. The second kappa shape index (κ2) is 4.96. The van der Waals surface area contributed by atoms with Crippen LogP contribution in [0.15, 0.2) is 46.2 Å². The van der Waals surface area contributed by atoms with Crippen LogP contribution in [0.4, 0.5) is 5.69 Å². The van der Waals surface area contributed by atoms with Gasteiger partial charge in [0.2, 0.25) is 5.91 Å². The van der Waals surface area contributed by atoms with Gasteiger partial charge in [0.05, 0.1) is 0 Å². The van der Waals surface area contributed by atoms with Gasteiger partial charge in [0.25, 0.3) is 0 Å². The summed E-state index contributed by atoms with van der Waals surface area (Å²) in [5.74, 6) is -0.131. The second-order valence-corrected chi connectivity index (χ2v) is 6.20. The number of carbonyl (C=O) groups is 1. The maximum absolute atomic E-state index is 11.5. The summed E-state index contributed by atoms with van der Waals surface area (Å²) >= 11 is 1.70. The molecule has 1 atom stereocenters. The molecule has 1 aliphatic heterocycles. The van der Waals surface area contributed by atoms with Crippen LogP contribution >= 0.6 is 11.8 Å². The molecule has 0 bridgehead atoms. The molecule has 3 rings (SSSR count). The van der Waals surface area contributed by atoms with Crippen molar-refractivity contribution in [2.75, 3.05) is 5.32 Å². The minimum Gasteiger partial charge on any atom is -0.324 e. The zero-order valence-corrected chi connectivity index (χ0v) is 12.3. The summed E-state index contributed by atoms with van der Waals surface area (Å²) in [6, 6.07) is 11.8. The molecule has 3 N–H and O–H groups in total. The first-order chi connectivity index (χ1) is 9.54. The van der Waals surface area contributed by atoms with Gasteiger partial charge in [-0.3, -0.25) is 4.79 Å². The van der Waals surface area contributed by atoms with E-state index in [-0.39, 0.29) is 5.91 Å². The zero-order valence-electron chi connectivity index (χ0n) is 11.4. The summed E-state index contributed by atoms with van der Waals surface area (Å²) < 4.78 is 0. The maximum Gasteiger partial charge on any atom is 0.245 e. The molecule has 0 saturated heterocycles. The van der Waals surface area contributed by atoms with Crippen LogP contribution in [0.2, 0.25) is 0 Å². The largest absolute Gasteiger partial charge is 0.324 e. The Morgan fingerprint density at radius 3 is 2.70 bits per heavy atom. The lowest BCUT2D eigenvalue weighted by molar-refractivity contribution is -0.116. The van der Waals surface area contributed by atoms with Gasteiger partial charge in [-0.2, -0.15) is 0 Å². The number of benzene rings is 2. The van der Waals surface area contributed by atoms with Gasteiger partial charge in [0, 0.05) is 21.0 Å². The van der Waals surface area contributed by atoms with Gasteiger partial charge < -0.3 is 11.1 Å². The van der Waals surface area contributed by atoms with Gasteiger partial charge in [0.1, 0.15) is 6.04 Å². The first-order valence-electron chi connectivity index (χ1n) is 6.50. The maximum atomic E-state index is 11.5. The molecule has 0 saturated carbocycles. The fraction of sp³-hybridized carbons (Fsp3) is 0.188. The van der Waals surface area contributed by atoms with E-state index in [9.17, 15) is 4.79 Å². The third-order valence-electron chi connectivity index (χ3n) is 3.46. The summed E-state index contributed by atoms with van der Waals surface area (Å²) in [6.07, 6.45) is 0. The minimum absolute atomic E-state index is 0.131. The molecular formula is C16H16N2OS. The van der Waals surface area contributed by atoms with Crippen molar-refractivity contribution in [2.45, 2.75) is 29.7 Å². The van der Waals surface area contributed by atoms with Gasteiger partial charge in [-0.1, -0.05) is 35.5 Å². The smallest absolute Gasteiger partial charge is 0.245 e. The Morgan fingerprint density at radius 2 is 1.95 bits per heavy atom. The van der Waals surface area contributed by atoms with Crippen molar-refractivity contribution < 1.29 is 4.79 Å². The number of rotatable bonds is 2. The Hall–Kier alpha value is -1.78. The van der Waals surface area contributed by atoms with Crippen LogP contribution < -0.4 is 11.1 Å². The molecule has 0 radical (unpaired) electrons. The Bertz CT molecular complexity index is 697. The fourth-order valence-corrected chi connectivity index (χ4v) is 3.29. The number of anilines is 1. The van der Waals surface area contributed by atoms with Crippen LogP contribution in [0.5, 0.6) is 0 Å². The van der Waals surface area contributed by atoms with Gasteiger partial charge in [0.15, 0.2) is 0 Å². The molecule has 1 amide bonds. The van der Waals surface area contributed by atoms with Crippen LogP contribution in [0.25, 0.3) is 0 Å². The number of carbonyl (C=O) groups excluding carboxylic acids is 1. The SMILES string of the molecule is Cc1ccc(Sc2ccc3c(c2)NC(=O)C3N)c(C)c1. The van der Waals surface area contributed by atoms with Crippen molar-refractivity contribution in [2.24, 2.45) is 5.73 Å². The predicted octanol–water partition coefficient (Wildman–Crippen LogP) is 3.41. The molecule has 1 unspecified atom stereocenters. The molecule has 1 aliphatic rings. The van der Waals surface area contributed by atoms with Crippen molar-refractivity contribution in [1.82, 2.24) is 0 Å². The van der Waals surface area contributed by atoms with Crippen LogP contribution in [0.3, 0.4) is 0 Å². The highest BCUT2D eigenvalue weighted by atomic mass is 32.2. The first-order valence-corrected chi connectivity index (χ1v) is 7.32. The highest BCUT2D eigenvalue weighted by molar-refractivity contribution is 7.99. The van der Waals surface area contributed by atoms with Crippen LogP contribution in [0, 0.1) is 13.8 Å². The summed E-state index contributed by atoms with van der Waals surface area (Å²) in [5, 5.41) is 2.82. The van der Waals surface area contributed by atoms with Crippen molar-refractivity contribution in [3.05, 3.63) is 53.1 Å². The zero-order chi connectivity index (χ0) is 14.3. The van der Waals surface area contributed by atoms with Crippen LogP contribution in [-0.4, -0.2) is 5.91 Å². The van der Waals surface area contributed by atoms with E-state index in [0.717, 1.165) is 16.1 Å². The number of nitrogens with two attached hydrogens (primary N) is 1. The summed E-state index contributed by atoms with van der Waals surface area (Å²) in [7, 11) is 0. The quantitative estimate of drug-likeness (QED) is 0.888. The van der Waals surface area contributed by atoms with Gasteiger partial charge >= 0.3 is 0 Å². The molecule has 2 aromatic rings. The molecule has 20 heavy (non-hydrogen) atoms. The first kappa shape index (κ1) is 13.2. The number of hydrogen-bond acceptors (Lipinski definition) is 3. The average Bonchev–Trinajstić information content (AvgIpc) is 2.68. The normalized spacial score (nSPS) is 16.9. The highest BCUT2D eigenvalue weighted by Crippen LogP contribution is 2.36. The second-order valence-electron chi connectivity index (χ2n) is 5.09. The highest BCUT2D eigenvalue weighted by Gasteiger charge is 2.26. The van der Waals surface area contributed by atoms with Crippen LogP contribution in [-0.2, 0) is 4.79 Å². The third-order valence-corrected chi connectivity index (χ3v) is 4.63. The lowest BCUT2D eigenvalue weighted by atomic mass is 10.1. The van der Waals surface area contributed by atoms with Gasteiger partial charge in [-0.25, -0.2) is 0 Å². The van der Waals surface area contributed by atoms with E-state index in [1.165, 1.54) is 16.0 Å². The van der Waals surface area contributed by atoms with Crippen LogP contribution in [0.1, 0.15) is 22.7 Å². The molecule has 0 spiro atoms. The molecule has 2 aromatic carbocycles. The van der Waals surface area contributed by atoms with E-state index in [1.807, 2.05) is 18.2 Å². The molecule has 1 heterocycles. The number of fused-ring (bicyclic) bond motifs is 1. The summed E-state index contributed by atoms with van der Waals surface area (Å²) in [5.41, 5.74) is 10.0. The van der Waals surface area contributed by atoms with E-state index in [4.69, 9.17) is 5.73 Å². The van der Waals surface area contributed by atoms with E-state index < -0.39 is 6.04 Å². The van der Waals surface area contributed by atoms with E-state index >= 15 is 0 Å². The third kappa shape index (κ3) is 2.32. The monoisotopic (exact) mass is 284 g/mol. The van der Waals surface area contributed by atoms with Gasteiger partial charge in [-0.15, -0.1) is 0 Å². The summed E-state index contributed by atoms with van der Waals surface area (Å²) in [4.78, 5) is 13.9. The topological polar surface area (TPSA) is 55.1 Å². The molecular weight excluding hydrogens is 268 g/mol. The number of amides is 1. The Balaban J connectivity index is 1.90.